The maximum absolute atomic E-state index is 9.10. The minimum atomic E-state index is 0.325. The number of aliphatic hydroxyl groups excluding tert-OH is 1. The van der Waals surface area contributed by atoms with Crippen LogP contribution in [0.5, 0.6) is 0 Å². The summed E-state index contributed by atoms with van der Waals surface area (Å²) in [6.45, 7) is 3.61. The third-order valence-corrected chi connectivity index (χ3v) is 4.10. The molecule has 1 aromatic carbocycles. The van der Waals surface area contributed by atoms with E-state index in [-0.39, 0.29) is 0 Å². The van der Waals surface area contributed by atoms with Gasteiger partial charge >= 0.3 is 0 Å². The van der Waals surface area contributed by atoms with Crippen molar-refractivity contribution in [3.8, 4) is 0 Å². The molecule has 0 aliphatic heterocycles. The molecule has 18 heavy (non-hydrogen) atoms. The van der Waals surface area contributed by atoms with Crippen molar-refractivity contribution in [3.63, 3.8) is 0 Å². The van der Waals surface area contributed by atoms with Gasteiger partial charge in [0.2, 0.25) is 0 Å². The monoisotopic (exact) mass is 247 g/mol. The van der Waals surface area contributed by atoms with E-state index in [0.29, 0.717) is 18.1 Å². The Bertz CT molecular complexity index is 345. The number of benzene rings is 1. The maximum atomic E-state index is 9.10. The van der Waals surface area contributed by atoms with Crippen LogP contribution in [-0.2, 0) is 0 Å². The Hall–Kier alpha value is -0.860. The largest absolute Gasteiger partial charge is 0.396 e. The first-order valence-corrected chi connectivity index (χ1v) is 7.19. The van der Waals surface area contributed by atoms with Crippen molar-refractivity contribution in [2.45, 2.75) is 45.1 Å². The Morgan fingerprint density at radius 2 is 2.00 bits per heavy atom. The van der Waals surface area contributed by atoms with Crippen molar-refractivity contribution < 1.29 is 5.11 Å². The second kappa shape index (κ2) is 6.35. The highest BCUT2D eigenvalue weighted by Gasteiger charge is 2.41. The van der Waals surface area contributed by atoms with Crippen LogP contribution in [0, 0.1) is 5.41 Å². The molecule has 2 nitrogen and oxygen atoms in total. The third kappa shape index (κ3) is 3.56. The number of aliphatic hydroxyl groups is 1. The van der Waals surface area contributed by atoms with Crippen LogP contribution in [0.3, 0.4) is 0 Å². The molecule has 2 rings (SSSR count). The Labute approximate surface area is 110 Å². The lowest BCUT2D eigenvalue weighted by molar-refractivity contribution is 0.241. The summed E-state index contributed by atoms with van der Waals surface area (Å²) in [5.41, 5.74) is 1.79. The van der Waals surface area contributed by atoms with E-state index in [9.17, 15) is 0 Å². The first kappa shape index (κ1) is 13.6. The predicted molar refractivity (Wildman–Crippen MR) is 75.5 cm³/mol. The molecular weight excluding hydrogens is 222 g/mol. The minimum Gasteiger partial charge on any atom is -0.396 e. The zero-order valence-corrected chi connectivity index (χ0v) is 11.4. The van der Waals surface area contributed by atoms with Gasteiger partial charge in [0.15, 0.2) is 0 Å². The van der Waals surface area contributed by atoms with Gasteiger partial charge in [0.25, 0.3) is 0 Å². The summed E-state index contributed by atoms with van der Waals surface area (Å²) in [7, 11) is 0. The van der Waals surface area contributed by atoms with Gasteiger partial charge in [0.05, 0.1) is 0 Å². The number of hydrogen-bond donors (Lipinski definition) is 2. The zero-order chi connectivity index (χ0) is 12.8. The van der Waals surface area contributed by atoms with E-state index in [4.69, 9.17) is 5.11 Å². The van der Waals surface area contributed by atoms with E-state index >= 15 is 0 Å². The van der Waals surface area contributed by atoms with Gasteiger partial charge in [-0.25, -0.2) is 0 Å². The summed E-state index contributed by atoms with van der Waals surface area (Å²) in [6, 6.07) is 11.2. The highest BCUT2D eigenvalue weighted by Crippen LogP contribution is 2.48. The molecule has 0 spiro atoms. The summed E-state index contributed by atoms with van der Waals surface area (Å²) in [6.07, 6.45) is 5.87. The fraction of sp³-hybridized carbons (Fsp3) is 0.625. The maximum Gasteiger partial charge on any atom is 0.0436 e. The van der Waals surface area contributed by atoms with Crippen molar-refractivity contribution in [2.75, 3.05) is 13.2 Å². The van der Waals surface area contributed by atoms with Crippen LogP contribution in [0.4, 0.5) is 0 Å². The van der Waals surface area contributed by atoms with E-state index in [2.05, 4.69) is 42.6 Å². The summed E-state index contributed by atoms with van der Waals surface area (Å²) in [5.74, 6) is 0. The Morgan fingerprint density at radius 1 is 1.28 bits per heavy atom. The van der Waals surface area contributed by atoms with Gasteiger partial charge in [-0.15, -0.1) is 0 Å². The summed E-state index contributed by atoms with van der Waals surface area (Å²) >= 11 is 0. The highest BCUT2D eigenvalue weighted by molar-refractivity contribution is 5.19. The Balaban J connectivity index is 1.91. The number of nitrogens with one attached hydrogen (secondary N) is 1. The lowest BCUT2D eigenvalue weighted by Gasteiger charge is -2.22. The fourth-order valence-corrected chi connectivity index (χ4v) is 2.63. The van der Waals surface area contributed by atoms with E-state index in [1.807, 2.05) is 0 Å². The molecule has 1 fully saturated rings. The molecule has 0 bridgehead atoms. The average molecular weight is 247 g/mol. The number of hydrogen-bond acceptors (Lipinski definition) is 2. The molecule has 1 aliphatic rings. The molecule has 100 valence electrons. The lowest BCUT2D eigenvalue weighted by atomic mass is 9.99. The Morgan fingerprint density at radius 3 is 2.56 bits per heavy atom. The van der Waals surface area contributed by atoms with Crippen LogP contribution in [0.25, 0.3) is 0 Å². The van der Waals surface area contributed by atoms with Crippen LogP contribution < -0.4 is 5.32 Å². The molecule has 0 heterocycles. The van der Waals surface area contributed by atoms with Gasteiger partial charge < -0.3 is 10.4 Å². The molecule has 1 unspecified atom stereocenters. The predicted octanol–water partition coefficient (Wildman–Crippen LogP) is 3.28. The minimum absolute atomic E-state index is 0.325. The van der Waals surface area contributed by atoms with E-state index in [0.717, 1.165) is 13.0 Å². The van der Waals surface area contributed by atoms with Gasteiger partial charge in [-0.2, -0.15) is 0 Å². The zero-order valence-electron chi connectivity index (χ0n) is 11.4. The van der Waals surface area contributed by atoms with Gasteiger partial charge in [0.1, 0.15) is 0 Å². The molecule has 0 saturated heterocycles. The van der Waals surface area contributed by atoms with E-state index in [1.54, 1.807) is 0 Å². The van der Waals surface area contributed by atoms with Crippen LogP contribution in [0.2, 0.25) is 0 Å². The normalized spacial score (nSPS) is 18.6. The SMILES string of the molecule is CCCC(NCC1(CCO)CC1)c1ccccc1. The first-order valence-electron chi connectivity index (χ1n) is 7.19. The summed E-state index contributed by atoms with van der Waals surface area (Å²) < 4.78 is 0. The van der Waals surface area contributed by atoms with Gasteiger partial charge in [-0.05, 0) is 36.7 Å². The smallest absolute Gasteiger partial charge is 0.0436 e. The molecular formula is C16H25NO. The Kier molecular flexibility index (Phi) is 4.79. The third-order valence-electron chi connectivity index (χ3n) is 4.10. The number of rotatable bonds is 8. The highest BCUT2D eigenvalue weighted by atomic mass is 16.3. The molecule has 1 aromatic rings. The second-order valence-electron chi connectivity index (χ2n) is 5.61. The standard InChI is InChI=1S/C16H25NO/c1-2-6-15(14-7-4-3-5-8-14)17-13-16(9-10-16)11-12-18/h3-5,7-8,15,17-18H,2,6,9-13H2,1H3. The molecule has 1 saturated carbocycles. The van der Waals surface area contributed by atoms with Crippen molar-refractivity contribution in [1.82, 2.24) is 5.32 Å². The quantitative estimate of drug-likeness (QED) is 0.739. The van der Waals surface area contributed by atoms with Crippen LogP contribution in [-0.4, -0.2) is 18.3 Å². The van der Waals surface area contributed by atoms with Gasteiger partial charge in [0, 0.05) is 19.2 Å². The van der Waals surface area contributed by atoms with Gasteiger partial charge in [-0.1, -0.05) is 43.7 Å². The second-order valence-corrected chi connectivity index (χ2v) is 5.61. The lowest BCUT2D eigenvalue weighted by Crippen LogP contribution is -2.29. The van der Waals surface area contributed by atoms with Crippen molar-refractivity contribution in [1.29, 1.82) is 0 Å². The molecule has 2 N–H and O–H groups in total. The molecule has 1 atom stereocenters. The fourth-order valence-electron chi connectivity index (χ4n) is 2.63. The van der Waals surface area contributed by atoms with Crippen molar-refractivity contribution in [3.05, 3.63) is 35.9 Å². The van der Waals surface area contributed by atoms with Crippen LogP contribution >= 0.6 is 0 Å². The van der Waals surface area contributed by atoms with E-state index < -0.39 is 0 Å². The van der Waals surface area contributed by atoms with Crippen LogP contribution in [0.1, 0.15) is 50.6 Å². The molecule has 2 heteroatoms. The van der Waals surface area contributed by atoms with Gasteiger partial charge in [-0.3, -0.25) is 0 Å². The molecule has 0 aromatic heterocycles. The topological polar surface area (TPSA) is 32.3 Å². The van der Waals surface area contributed by atoms with E-state index in [1.165, 1.54) is 31.2 Å². The van der Waals surface area contributed by atoms with Crippen LogP contribution in [0.15, 0.2) is 30.3 Å². The van der Waals surface area contributed by atoms with Crippen molar-refractivity contribution in [2.24, 2.45) is 5.41 Å². The summed E-state index contributed by atoms with van der Waals surface area (Å²) in [5, 5.41) is 12.8. The molecule has 0 amide bonds. The average Bonchev–Trinajstić information content (AvgIpc) is 3.16. The summed E-state index contributed by atoms with van der Waals surface area (Å²) in [4.78, 5) is 0. The van der Waals surface area contributed by atoms with Crippen molar-refractivity contribution >= 4 is 0 Å². The first-order chi connectivity index (χ1) is 8.79. The molecule has 0 radical (unpaired) electrons. The molecule has 1 aliphatic carbocycles.